The summed E-state index contributed by atoms with van der Waals surface area (Å²) in [6.45, 7) is 13.1. The number of aldehydes is 1. The van der Waals surface area contributed by atoms with Gasteiger partial charge < -0.3 is 0 Å². The van der Waals surface area contributed by atoms with Crippen molar-refractivity contribution in [2.75, 3.05) is 0 Å². The quantitative estimate of drug-likeness (QED) is 0.269. The van der Waals surface area contributed by atoms with Gasteiger partial charge in [-0.2, -0.15) is 0 Å². The predicted molar refractivity (Wildman–Crippen MR) is 115 cm³/mol. The molecule has 26 heavy (non-hydrogen) atoms. The molecule has 0 fully saturated rings. The third-order valence-electron chi connectivity index (χ3n) is 4.82. The van der Waals surface area contributed by atoms with E-state index in [0.29, 0.717) is 0 Å². The molecule has 0 aliphatic heterocycles. The highest BCUT2D eigenvalue weighted by Gasteiger charge is 2.26. The summed E-state index contributed by atoms with van der Waals surface area (Å²) in [6, 6.07) is 0. The van der Waals surface area contributed by atoms with Crippen LogP contribution in [0.25, 0.3) is 0 Å². The van der Waals surface area contributed by atoms with Crippen molar-refractivity contribution in [3.05, 3.63) is 82.5 Å². The fraction of sp³-hybridized carbons (Fsp3) is 0.400. The van der Waals surface area contributed by atoms with Gasteiger partial charge in [0.25, 0.3) is 0 Å². The second-order valence-corrected chi connectivity index (χ2v) is 7.85. The first-order chi connectivity index (χ1) is 12.3. The Morgan fingerprint density at radius 2 is 1.42 bits per heavy atom. The third-order valence-corrected chi connectivity index (χ3v) is 4.82. The molecule has 1 rings (SSSR count). The van der Waals surface area contributed by atoms with E-state index in [4.69, 9.17) is 0 Å². The van der Waals surface area contributed by atoms with Crippen molar-refractivity contribution >= 4 is 6.29 Å². The standard InChI is InChI=1S/C25H34O/c1-20(11-8-13-22(3)17-19-26)10-7-12-21(2)15-16-24-23(4)14-9-18-25(24,5)6/h7-8,10-13,15-17,19H,9,14,18H2,1-6H3/b10-7+,13-8+,16-15+,20-11+,21-12+,22-17+. The van der Waals surface area contributed by atoms with Gasteiger partial charge in [-0.05, 0) is 69.6 Å². The van der Waals surface area contributed by atoms with Crippen molar-refractivity contribution in [2.45, 2.75) is 60.8 Å². The first-order valence-corrected chi connectivity index (χ1v) is 9.46. The van der Waals surface area contributed by atoms with Crippen molar-refractivity contribution in [1.82, 2.24) is 0 Å². The molecule has 0 N–H and O–H groups in total. The van der Waals surface area contributed by atoms with Gasteiger partial charge in [-0.3, -0.25) is 4.79 Å². The zero-order chi connectivity index (χ0) is 19.6. The van der Waals surface area contributed by atoms with Crippen molar-refractivity contribution in [1.29, 1.82) is 0 Å². The molecule has 0 aromatic carbocycles. The molecule has 1 aliphatic carbocycles. The predicted octanol–water partition coefficient (Wildman–Crippen LogP) is 7.22. The van der Waals surface area contributed by atoms with Crippen LogP contribution in [0.4, 0.5) is 0 Å². The minimum atomic E-state index is 0.289. The van der Waals surface area contributed by atoms with Crippen LogP contribution < -0.4 is 0 Å². The SMILES string of the molecule is CC1=C(/C=C/C(C)=C/C=C/C(C)=C/C=C/C(C)=C/C=O)C(C)(C)CCC1. The molecule has 0 radical (unpaired) electrons. The average Bonchev–Trinajstić information content (AvgIpc) is 2.54. The summed E-state index contributed by atoms with van der Waals surface area (Å²) < 4.78 is 0. The molecule has 0 aromatic rings. The minimum Gasteiger partial charge on any atom is -0.299 e. The van der Waals surface area contributed by atoms with Crippen molar-refractivity contribution in [3.8, 4) is 0 Å². The topological polar surface area (TPSA) is 17.1 Å². The molecule has 0 amide bonds. The monoisotopic (exact) mass is 350 g/mol. The van der Waals surface area contributed by atoms with Gasteiger partial charge in [0.2, 0.25) is 0 Å². The summed E-state index contributed by atoms with van der Waals surface area (Å²) in [7, 11) is 0. The Morgan fingerprint density at radius 3 is 1.96 bits per heavy atom. The van der Waals surface area contributed by atoms with Crippen molar-refractivity contribution in [3.63, 3.8) is 0 Å². The van der Waals surface area contributed by atoms with Crippen LogP contribution in [-0.2, 0) is 4.79 Å². The van der Waals surface area contributed by atoms with Crippen LogP contribution in [0.1, 0.15) is 60.8 Å². The van der Waals surface area contributed by atoms with Gasteiger partial charge in [-0.1, -0.05) is 79.2 Å². The largest absolute Gasteiger partial charge is 0.299 e. The molecule has 0 saturated carbocycles. The van der Waals surface area contributed by atoms with Crippen LogP contribution in [0.5, 0.6) is 0 Å². The first-order valence-electron chi connectivity index (χ1n) is 9.46. The fourth-order valence-corrected chi connectivity index (χ4v) is 3.20. The summed E-state index contributed by atoms with van der Waals surface area (Å²) in [5.74, 6) is 0. The van der Waals surface area contributed by atoms with Gasteiger partial charge >= 0.3 is 0 Å². The molecule has 0 bridgehead atoms. The minimum absolute atomic E-state index is 0.289. The van der Waals surface area contributed by atoms with Gasteiger partial charge in [-0.25, -0.2) is 0 Å². The fourth-order valence-electron chi connectivity index (χ4n) is 3.20. The molecule has 140 valence electrons. The Bertz CT molecular complexity index is 700. The molecule has 0 unspecified atom stereocenters. The van der Waals surface area contributed by atoms with E-state index in [9.17, 15) is 4.79 Å². The molecular weight excluding hydrogens is 316 g/mol. The van der Waals surface area contributed by atoms with E-state index in [1.54, 1.807) is 6.08 Å². The van der Waals surface area contributed by atoms with Gasteiger partial charge in [0.15, 0.2) is 0 Å². The first kappa shape index (κ1) is 21.9. The van der Waals surface area contributed by atoms with Gasteiger partial charge in [-0.15, -0.1) is 0 Å². The maximum absolute atomic E-state index is 10.4. The number of hydrogen-bond acceptors (Lipinski definition) is 1. The van der Waals surface area contributed by atoms with Gasteiger partial charge in [0.05, 0.1) is 0 Å². The summed E-state index contributed by atoms with van der Waals surface area (Å²) >= 11 is 0. The number of carbonyl (C=O) groups is 1. The lowest BCUT2D eigenvalue weighted by Gasteiger charge is -2.32. The van der Waals surface area contributed by atoms with E-state index < -0.39 is 0 Å². The smallest absolute Gasteiger partial charge is 0.143 e. The zero-order valence-corrected chi connectivity index (χ0v) is 17.3. The lowest BCUT2D eigenvalue weighted by molar-refractivity contribution is -0.104. The Morgan fingerprint density at radius 1 is 0.885 bits per heavy atom. The Labute approximate surface area is 160 Å². The highest BCUT2D eigenvalue weighted by atomic mass is 16.1. The Kier molecular flexibility index (Phi) is 9.05. The second-order valence-electron chi connectivity index (χ2n) is 7.85. The third kappa shape index (κ3) is 7.82. The van der Waals surface area contributed by atoms with E-state index in [0.717, 1.165) is 11.9 Å². The normalized spacial score (nSPS) is 20.0. The van der Waals surface area contributed by atoms with Crippen LogP contribution in [0.3, 0.4) is 0 Å². The van der Waals surface area contributed by atoms with Crippen molar-refractivity contribution in [2.24, 2.45) is 5.41 Å². The highest BCUT2D eigenvalue weighted by Crippen LogP contribution is 2.40. The second kappa shape index (κ2) is 10.8. The lowest BCUT2D eigenvalue weighted by Crippen LogP contribution is -2.19. The molecule has 0 saturated heterocycles. The molecule has 0 spiro atoms. The van der Waals surface area contributed by atoms with Gasteiger partial charge in [0, 0.05) is 0 Å². The molecular formula is C25H34O. The van der Waals surface area contributed by atoms with Crippen LogP contribution >= 0.6 is 0 Å². The van der Waals surface area contributed by atoms with Crippen LogP contribution in [-0.4, -0.2) is 6.29 Å². The molecule has 0 atom stereocenters. The Balaban J connectivity index is 2.72. The lowest BCUT2D eigenvalue weighted by atomic mass is 9.72. The maximum Gasteiger partial charge on any atom is 0.143 e. The number of carbonyl (C=O) groups excluding carboxylic acids is 1. The summed E-state index contributed by atoms with van der Waals surface area (Å²) in [5.41, 5.74) is 6.68. The molecule has 0 heterocycles. The summed E-state index contributed by atoms with van der Waals surface area (Å²) in [4.78, 5) is 10.4. The van der Waals surface area contributed by atoms with Crippen LogP contribution in [0, 0.1) is 5.41 Å². The summed E-state index contributed by atoms with van der Waals surface area (Å²) in [6.07, 6.45) is 22.9. The number of rotatable bonds is 7. The molecule has 1 heteroatoms. The molecule has 1 nitrogen and oxygen atoms in total. The summed E-state index contributed by atoms with van der Waals surface area (Å²) in [5, 5.41) is 0. The average molecular weight is 351 g/mol. The van der Waals surface area contributed by atoms with E-state index in [2.05, 4.69) is 65.0 Å². The van der Waals surface area contributed by atoms with Crippen LogP contribution in [0.15, 0.2) is 82.5 Å². The van der Waals surface area contributed by atoms with Crippen molar-refractivity contribution < 1.29 is 4.79 Å². The van der Waals surface area contributed by atoms with Crippen LogP contribution in [0.2, 0.25) is 0 Å². The van der Waals surface area contributed by atoms with E-state index in [-0.39, 0.29) is 5.41 Å². The molecule has 1 aliphatic rings. The number of allylic oxidation sites excluding steroid dienone is 14. The zero-order valence-electron chi connectivity index (χ0n) is 17.3. The van der Waals surface area contributed by atoms with E-state index >= 15 is 0 Å². The van der Waals surface area contributed by atoms with E-state index in [1.807, 2.05) is 25.2 Å². The van der Waals surface area contributed by atoms with E-state index in [1.165, 1.54) is 41.6 Å². The maximum atomic E-state index is 10.4. The van der Waals surface area contributed by atoms with Gasteiger partial charge in [0.1, 0.15) is 6.29 Å². The Hall–Kier alpha value is -2.15. The number of hydrogen-bond donors (Lipinski definition) is 0. The molecule has 0 aromatic heterocycles. The highest BCUT2D eigenvalue weighted by molar-refractivity contribution is 5.66.